The van der Waals surface area contributed by atoms with Gasteiger partial charge in [-0.05, 0) is 49.4 Å². The van der Waals surface area contributed by atoms with Gasteiger partial charge in [-0.25, -0.2) is 0 Å². The second-order valence-corrected chi connectivity index (χ2v) is 5.40. The molecule has 0 amide bonds. The van der Waals surface area contributed by atoms with Crippen molar-refractivity contribution >= 4 is 11.5 Å². The second-order valence-electron chi connectivity index (χ2n) is 5.40. The standard InChI is InChI=1S/C15H21NO/c1-10-3-5-12(6-4-10)15(17)14-8-7-13(16)9-11(14)2/h7-10,12H,3-6,16H2,1-2H3. The largest absolute Gasteiger partial charge is 0.399 e. The molecule has 0 spiro atoms. The lowest BCUT2D eigenvalue weighted by atomic mass is 9.79. The number of hydrogen-bond acceptors (Lipinski definition) is 2. The average Bonchev–Trinajstić information content (AvgIpc) is 2.29. The number of aryl methyl sites for hydroxylation is 1. The summed E-state index contributed by atoms with van der Waals surface area (Å²) in [5.74, 6) is 1.33. The number of carbonyl (C=O) groups excluding carboxylic acids is 1. The van der Waals surface area contributed by atoms with Gasteiger partial charge in [0.1, 0.15) is 0 Å². The molecule has 0 aliphatic heterocycles. The zero-order valence-electron chi connectivity index (χ0n) is 10.7. The number of benzene rings is 1. The van der Waals surface area contributed by atoms with Crippen LogP contribution < -0.4 is 5.73 Å². The molecule has 0 unspecified atom stereocenters. The molecule has 1 aliphatic carbocycles. The van der Waals surface area contributed by atoms with Gasteiger partial charge in [0.2, 0.25) is 0 Å². The van der Waals surface area contributed by atoms with Crippen LogP contribution in [-0.4, -0.2) is 5.78 Å². The predicted octanol–water partition coefficient (Wildman–Crippen LogP) is 3.59. The van der Waals surface area contributed by atoms with Gasteiger partial charge in [0.05, 0.1) is 0 Å². The first-order chi connectivity index (χ1) is 8.08. The molecule has 2 rings (SSSR count). The zero-order chi connectivity index (χ0) is 12.4. The molecule has 1 saturated carbocycles. The molecular weight excluding hydrogens is 210 g/mol. The first-order valence-corrected chi connectivity index (χ1v) is 6.48. The van der Waals surface area contributed by atoms with E-state index < -0.39 is 0 Å². The van der Waals surface area contributed by atoms with Gasteiger partial charge in [0, 0.05) is 17.2 Å². The summed E-state index contributed by atoms with van der Waals surface area (Å²) in [6.45, 7) is 4.24. The third-order valence-electron chi connectivity index (χ3n) is 3.90. The van der Waals surface area contributed by atoms with Gasteiger partial charge in [-0.3, -0.25) is 4.79 Å². The van der Waals surface area contributed by atoms with Crippen molar-refractivity contribution in [3.8, 4) is 0 Å². The van der Waals surface area contributed by atoms with E-state index in [1.165, 1.54) is 12.8 Å². The monoisotopic (exact) mass is 231 g/mol. The fourth-order valence-electron chi connectivity index (χ4n) is 2.71. The van der Waals surface area contributed by atoms with Crippen LogP contribution in [0.25, 0.3) is 0 Å². The minimum Gasteiger partial charge on any atom is -0.399 e. The number of nitrogen functional groups attached to an aromatic ring is 1. The van der Waals surface area contributed by atoms with Crippen LogP contribution in [0.1, 0.15) is 48.5 Å². The Morgan fingerprint density at radius 3 is 2.47 bits per heavy atom. The molecule has 1 fully saturated rings. The molecule has 0 aromatic heterocycles. The van der Waals surface area contributed by atoms with Crippen molar-refractivity contribution in [2.24, 2.45) is 11.8 Å². The Kier molecular flexibility index (Phi) is 3.51. The Labute approximate surface area is 103 Å². The smallest absolute Gasteiger partial charge is 0.166 e. The fraction of sp³-hybridized carbons (Fsp3) is 0.533. The van der Waals surface area contributed by atoms with E-state index in [0.717, 1.165) is 35.6 Å². The Morgan fingerprint density at radius 2 is 1.88 bits per heavy atom. The molecule has 1 aromatic rings. The van der Waals surface area contributed by atoms with Crippen molar-refractivity contribution in [3.05, 3.63) is 29.3 Å². The van der Waals surface area contributed by atoms with E-state index in [1.54, 1.807) is 0 Å². The van der Waals surface area contributed by atoms with Crippen molar-refractivity contribution in [1.29, 1.82) is 0 Å². The van der Waals surface area contributed by atoms with E-state index in [1.807, 2.05) is 25.1 Å². The van der Waals surface area contributed by atoms with Crippen LogP contribution in [0.15, 0.2) is 18.2 Å². The highest BCUT2D eigenvalue weighted by atomic mass is 16.1. The molecule has 2 heteroatoms. The third kappa shape index (κ3) is 2.68. The van der Waals surface area contributed by atoms with Crippen molar-refractivity contribution in [3.63, 3.8) is 0 Å². The van der Waals surface area contributed by atoms with Gasteiger partial charge in [0.15, 0.2) is 5.78 Å². The van der Waals surface area contributed by atoms with Crippen molar-refractivity contribution < 1.29 is 4.79 Å². The molecular formula is C15H21NO. The van der Waals surface area contributed by atoms with Crippen molar-refractivity contribution in [2.75, 3.05) is 5.73 Å². The average molecular weight is 231 g/mol. The van der Waals surface area contributed by atoms with Crippen LogP contribution in [0.4, 0.5) is 5.69 Å². The lowest BCUT2D eigenvalue weighted by Crippen LogP contribution is -2.21. The molecule has 0 heterocycles. The lowest BCUT2D eigenvalue weighted by Gasteiger charge is -2.25. The van der Waals surface area contributed by atoms with Crippen LogP contribution in [0, 0.1) is 18.8 Å². The summed E-state index contributed by atoms with van der Waals surface area (Å²) >= 11 is 0. The highest BCUT2D eigenvalue weighted by Gasteiger charge is 2.25. The molecule has 1 aromatic carbocycles. The quantitative estimate of drug-likeness (QED) is 0.624. The van der Waals surface area contributed by atoms with Gasteiger partial charge in [-0.1, -0.05) is 19.8 Å². The summed E-state index contributed by atoms with van der Waals surface area (Å²) < 4.78 is 0. The van der Waals surface area contributed by atoms with E-state index in [2.05, 4.69) is 6.92 Å². The van der Waals surface area contributed by atoms with Crippen LogP contribution in [0.2, 0.25) is 0 Å². The molecule has 92 valence electrons. The number of ketones is 1. The molecule has 0 atom stereocenters. The number of nitrogens with two attached hydrogens (primary N) is 1. The zero-order valence-corrected chi connectivity index (χ0v) is 10.7. The molecule has 2 N–H and O–H groups in total. The molecule has 1 aliphatic rings. The minimum absolute atomic E-state index is 0.230. The number of anilines is 1. The summed E-state index contributed by atoms with van der Waals surface area (Å²) in [4.78, 5) is 12.4. The SMILES string of the molecule is Cc1cc(N)ccc1C(=O)C1CCC(C)CC1. The number of Topliss-reactive ketones (excluding diaryl/α,β-unsaturated/α-hetero) is 1. The number of carbonyl (C=O) groups is 1. The second kappa shape index (κ2) is 4.91. The Bertz CT molecular complexity index is 417. The highest BCUT2D eigenvalue weighted by molar-refractivity contribution is 5.99. The summed E-state index contributed by atoms with van der Waals surface area (Å²) in [6, 6.07) is 5.59. The van der Waals surface area contributed by atoms with E-state index in [4.69, 9.17) is 5.73 Å². The van der Waals surface area contributed by atoms with E-state index in [-0.39, 0.29) is 5.92 Å². The summed E-state index contributed by atoms with van der Waals surface area (Å²) in [6.07, 6.45) is 4.46. The van der Waals surface area contributed by atoms with Crippen LogP contribution in [-0.2, 0) is 0 Å². The van der Waals surface area contributed by atoms with Gasteiger partial charge in [-0.2, -0.15) is 0 Å². The van der Waals surface area contributed by atoms with Crippen LogP contribution >= 0.6 is 0 Å². The summed E-state index contributed by atoms with van der Waals surface area (Å²) in [5, 5.41) is 0. The van der Waals surface area contributed by atoms with Crippen molar-refractivity contribution in [1.82, 2.24) is 0 Å². The Morgan fingerprint density at radius 1 is 1.24 bits per heavy atom. The van der Waals surface area contributed by atoms with Gasteiger partial charge in [0.25, 0.3) is 0 Å². The fourth-order valence-corrected chi connectivity index (χ4v) is 2.71. The van der Waals surface area contributed by atoms with Crippen LogP contribution in [0.3, 0.4) is 0 Å². The topological polar surface area (TPSA) is 43.1 Å². The maximum Gasteiger partial charge on any atom is 0.166 e. The van der Waals surface area contributed by atoms with E-state index >= 15 is 0 Å². The molecule has 2 nitrogen and oxygen atoms in total. The molecule has 17 heavy (non-hydrogen) atoms. The van der Waals surface area contributed by atoms with Gasteiger partial charge < -0.3 is 5.73 Å². The van der Waals surface area contributed by atoms with Crippen LogP contribution in [0.5, 0.6) is 0 Å². The van der Waals surface area contributed by atoms with Crippen molar-refractivity contribution in [2.45, 2.75) is 39.5 Å². The van der Waals surface area contributed by atoms with Gasteiger partial charge in [-0.15, -0.1) is 0 Å². The molecule has 0 bridgehead atoms. The molecule has 0 saturated heterocycles. The summed E-state index contributed by atoms with van der Waals surface area (Å²) in [7, 11) is 0. The minimum atomic E-state index is 0.230. The lowest BCUT2D eigenvalue weighted by molar-refractivity contribution is 0.0875. The predicted molar refractivity (Wildman–Crippen MR) is 71.0 cm³/mol. The van der Waals surface area contributed by atoms with E-state index in [9.17, 15) is 4.79 Å². The first kappa shape index (κ1) is 12.2. The third-order valence-corrected chi connectivity index (χ3v) is 3.90. The normalized spacial score (nSPS) is 24.6. The van der Waals surface area contributed by atoms with Gasteiger partial charge >= 0.3 is 0 Å². The van der Waals surface area contributed by atoms with E-state index in [0.29, 0.717) is 5.78 Å². The number of rotatable bonds is 2. The maximum atomic E-state index is 12.4. The highest BCUT2D eigenvalue weighted by Crippen LogP contribution is 2.31. The Hall–Kier alpha value is -1.31. The number of hydrogen-bond donors (Lipinski definition) is 1. The maximum absolute atomic E-state index is 12.4. The molecule has 0 radical (unpaired) electrons. The summed E-state index contributed by atoms with van der Waals surface area (Å²) in [5.41, 5.74) is 8.31. The Balaban J connectivity index is 2.14. The first-order valence-electron chi connectivity index (χ1n) is 6.48.